The molecule has 1 N–H and O–H groups in total. The first-order valence-electron chi connectivity index (χ1n) is 10.1. The summed E-state index contributed by atoms with van der Waals surface area (Å²) < 4.78 is 38.9. The first-order valence-corrected chi connectivity index (χ1v) is 12.0. The maximum absolute atomic E-state index is 13.1. The highest BCUT2D eigenvalue weighted by Gasteiger charge is 2.18. The fraction of sp³-hybridized carbons (Fsp3) is 0.348. The highest BCUT2D eigenvalue weighted by Crippen LogP contribution is 2.22. The standard InChI is InChI=1S/C23H27FN2O3S/c1-30(28,29)26(17-19-7-11-21(24)12-8-19)22-13-9-20(10-14-22)23(27)25-16-15-18-5-3-2-4-6-18/h5,7-14H,2-4,6,15-17H2,1H3,(H,25,27). The molecule has 7 heteroatoms. The second-order valence-corrected chi connectivity index (χ2v) is 9.46. The molecule has 0 atom stereocenters. The van der Waals surface area contributed by atoms with E-state index in [1.54, 1.807) is 36.4 Å². The molecule has 0 bridgehead atoms. The number of hydrogen-bond acceptors (Lipinski definition) is 3. The average molecular weight is 431 g/mol. The van der Waals surface area contributed by atoms with Crippen molar-refractivity contribution in [2.45, 2.75) is 38.6 Å². The van der Waals surface area contributed by atoms with Gasteiger partial charge in [-0.3, -0.25) is 9.10 Å². The SMILES string of the molecule is CS(=O)(=O)N(Cc1ccc(F)cc1)c1ccc(C(=O)NCCC2=CCCCC2)cc1. The normalized spacial score (nSPS) is 14.1. The van der Waals surface area contributed by atoms with Crippen LogP contribution in [0.5, 0.6) is 0 Å². The zero-order valence-electron chi connectivity index (χ0n) is 17.1. The van der Waals surface area contributed by atoms with E-state index >= 15 is 0 Å². The number of rotatable bonds is 8. The van der Waals surface area contributed by atoms with E-state index in [-0.39, 0.29) is 18.3 Å². The number of hydrogen-bond donors (Lipinski definition) is 1. The van der Waals surface area contributed by atoms with Crippen LogP contribution < -0.4 is 9.62 Å². The van der Waals surface area contributed by atoms with Crippen molar-refractivity contribution < 1.29 is 17.6 Å². The highest BCUT2D eigenvalue weighted by molar-refractivity contribution is 7.92. The van der Waals surface area contributed by atoms with Crippen LogP contribution in [0, 0.1) is 5.82 Å². The highest BCUT2D eigenvalue weighted by atomic mass is 32.2. The molecule has 2 aromatic rings. The Morgan fingerprint density at radius 2 is 1.77 bits per heavy atom. The third-order valence-electron chi connectivity index (χ3n) is 5.17. The summed E-state index contributed by atoms with van der Waals surface area (Å²) >= 11 is 0. The third-order valence-corrected chi connectivity index (χ3v) is 6.31. The Morgan fingerprint density at radius 1 is 1.07 bits per heavy atom. The van der Waals surface area contributed by atoms with Crippen molar-refractivity contribution in [2.24, 2.45) is 0 Å². The molecule has 0 spiro atoms. The molecular formula is C23H27FN2O3S. The molecule has 160 valence electrons. The lowest BCUT2D eigenvalue weighted by Gasteiger charge is -2.22. The lowest BCUT2D eigenvalue weighted by Crippen LogP contribution is -2.29. The van der Waals surface area contributed by atoms with E-state index in [9.17, 15) is 17.6 Å². The van der Waals surface area contributed by atoms with E-state index in [0.29, 0.717) is 23.4 Å². The lowest BCUT2D eigenvalue weighted by atomic mass is 9.97. The van der Waals surface area contributed by atoms with Gasteiger partial charge in [0.05, 0.1) is 18.5 Å². The van der Waals surface area contributed by atoms with Crippen molar-refractivity contribution in [3.63, 3.8) is 0 Å². The van der Waals surface area contributed by atoms with Crippen molar-refractivity contribution in [2.75, 3.05) is 17.1 Å². The minimum Gasteiger partial charge on any atom is -0.352 e. The van der Waals surface area contributed by atoms with Crippen LogP contribution in [0.1, 0.15) is 48.0 Å². The number of amides is 1. The van der Waals surface area contributed by atoms with Gasteiger partial charge in [0.15, 0.2) is 0 Å². The van der Waals surface area contributed by atoms with E-state index in [1.807, 2.05) is 0 Å². The van der Waals surface area contributed by atoms with Crippen molar-refractivity contribution in [1.29, 1.82) is 0 Å². The number of nitrogens with one attached hydrogen (secondary N) is 1. The average Bonchev–Trinajstić information content (AvgIpc) is 2.73. The van der Waals surface area contributed by atoms with Crippen LogP contribution >= 0.6 is 0 Å². The Kier molecular flexibility index (Phi) is 7.26. The Labute approximate surface area is 177 Å². The predicted molar refractivity (Wildman–Crippen MR) is 117 cm³/mol. The van der Waals surface area contributed by atoms with Crippen LogP contribution in [0.25, 0.3) is 0 Å². The molecule has 30 heavy (non-hydrogen) atoms. The van der Waals surface area contributed by atoms with Gasteiger partial charge in [0.1, 0.15) is 5.82 Å². The molecule has 2 aromatic carbocycles. The number of sulfonamides is 1. The van der Waals surface area contributed by atoms with Crippen molar-refractivity contribution in [3.05, 3.63) is 77.1 Å². The fourth-order valence-electron chi connectivity index (χ4n) is 3.51. The van der Waals surface area contributed by atoms with Crippen LogP contribution in [0.15, 0.2) is 60.2 Å². The van der Waals surface area contributed by atoms with E-state index in [4.69, 9.17) is 0 Å². The Hall–Kier alpha value is -2.67. The maximum Gasteiger partial charge on any atom is 0.251 e. The van der Waals surface area contributed by atoms with E-state index in [1.165, 1.54) is 34.9 Å². The summed E-state index contributed by atoms with van der Waals surface area (Å²) in [6.07, 6.45) is 8.95. The first-order chi connectivity index (χ1) is 14.3. The summed E-state index contributed by atoms with van der Waals surface area (Å²) in [4.78, 5) is 12.4. The van der Waals surface area contributed by atoms with Gasteiger partial charge in [0.25, 0.3) is 5.91 Å². The Morgan fingerprint density at radius 3 is 2.37 bits per heavy atom. The number of benzene rings is 2. The summed E-state index contributed by atoms with van der Waals surface area (Å²) in [5.74, 6) is -0.554. The van der Waals surface area contributed by atoms with Crippen LogP contribution in [-0.2, 0) is 16.6 Å². The number of nitrogens with zero attached hydrogens (tertiary/aromatic N) is 1. The van der Waals surface area contributed by atoms with Crippen LogP contribution in [0.4, 0.5) is 10.1 Å². The number of carbonyl (C=O) groups is 1. The van der Waals surface area contributed by atoms with E-state index in [2.05, 4.69) is 11.4 Å². The Balaban J connectivity index is 1.64. The van der Waals surface area contributed by atoms with Crippen molar-refractivity contribution in [3.8, 4) is 0 Å². The zero-order chi connectivity index (χ0) is 21.6. The van der Waals surface area contributed by atoms with Gasteiger partial charge in [-0.15, -0.1) is 0 Å². The molecule has 1 aliphatic rings. The summed E-state index contributed by atoms with van der Waals surface area (Å²) in [5.41, 5.74) is 3.00. The predicted octanol–water partition coefficient (Wildman–Crippen LogP) is 4.41. The molecule has 0 fully saturated rings. The Bertz CT molecular complexity index is 1000. The first kappa shape index (κ1) is 22.0. The number of halogens is 1. The van der Waals surface area contributed by atoms with Crippen molar-refractivity contribution >= 4 is 21.6 Å². The summed E-state index contributed by atoms with van der Waals surface area (Å²) in [6, 6.07) is 12.2. The lowest BCUT2D eigenvalue weighted by molar-refractivity contribution is 0.0954. The molecule has 0 unspecified atom stereocenters. The molecule has 0 radical (unpaired) electrons. The smallest absolute Gasteiger partial charge is 0.251 e. The molecule has 0 aliphatic heterocycles. The quantitative estimate of drug-likeness (QED) is 0.631. The topological polar surface area (TPSA) is 66.5 Å². The number of anilines is 1. The van der Waals surface area contributed by atoms with Gasteiger partial charge in [-0.05, 0) is 74.1 Å². The van der Waals surface area contributed by atoms with Gasteiger partial charge in [-0.1, -0.05) is 23.8 Å². The van der Waals surface area contributed by atoms with Crippen LogP contribution in [0.2, 0.25) is 0 Å². The zero-order valence-corrected chi connectivity index (χ0v) is 17.9. The van der Waals surface area contributed by atoms with Gasteiger partial charge < -0.3 is 5.32 Å². The van der Waals surface area contributed by atoms with Gasteiger partial charge in [-0.2, -0.15) is 0 Å². The summed E-state index contributed by atoms with van der Waals surface area (Å²) in [6.45, 7) is 0.673. The molecule has 0 aromatic heterocycles. The molecule has 3 rings (SSSR count). The molecular weight excluding hydrogens is 403 g/mol. The molecule has 0 heterocycles. The largest absolute Gasteiger partial charge is 0.352 e. The third kappa shape index (κ3) is 6.16. The van der Waals surface area contributed by atoms with Crippen LogP contribution in [0.3, 0.4) is 0 Å². The monoisotopic (exact) mass is 430 g/mol. The van der Waals surface area contributed by atoms with E-state index < -0.39 is 10.0 Å². The van der Waals surface area contributed by atoms with Gasteiger partial charge in [0, 0.05) is 12.1 Å². The molecule has 1 amide bonds. The number of allylic oxidation sites excluding steroid dienone is 1. The van der Waals surface area contributed by atoms with Gasteiger partial charge in [0.2, 0.25) is 10.0 Å². The molecule has 1 aliphatic carbocycles. The summed E-state index contributed by atoms with van der Waals surface area (Å²) in [7, 11) is -3.55. The maximum atomic E-state index is 13.1. The fourth-order valence-corrected chi connectivity index (χ4v) is 4.39. The second-order valence-electron chi connectivity index (χ2n) is 7.56. The summed E-state index contributed by atoms with van der Waals surface area (Å²) in [5, 5.41) is 2.92. The molecule has 0 saturated heterocycles. The molecule has 5 nitrogen and oxygen atoms in total. The number of carbonyl (C=O) groups excluding carboxylic acids is 1. The van der Waals surface area contributed by atoms with Gasteiger partial charge in [-0.25, -0.2) is 12.8 Å². The van der Waals surface area contributed by atoms with Crippen molar-refractivity contribution in [1.82, 2.24) is 5.32 Å². The second kappa shape index (κ2) is 9.89. The minimum atomic E-state index is -3.55. The van der Waals surface area contributed by atoms with Gasteiger partial charge >= 0.3 is 0 Å². The van der Waals surface area contributed by atoms with Crippen LogP contribution in [-0.4, -0.2) is 27.1 Å². The van der Waals surface area contributed by atoms with E-state index in [0.717, 1.165) is 25.5 Å². The molecule has 0 saturated carbocycles. The minimum absolute atomic E-state index is 0.0831.